The first-order valence-electron chi connectivity index (χ1n) is 10.7. The van der Waals surface area contributed by atoms with Crippen LogP contribution in [0.3, 0.4) is 0 Å². The van der Waals surface area contributed by atoms with Crippen LogP contribution in [0.1, 0.15) is 0 Å². The maximum Gasteiger partial charge on any atom is 0.247 e. The Morgan fingerprint density at radius 3 is 2.82 bits per heavy atom. The van der Waals surface area contributed by atoms with Gasteiger partial charge in [0.05, 0.1) is 18.2 Å². The Bertz CT molecular complexity index is 1320. The summed E-state index contributed by atoms with van der Waals surface area (Å²) in [6, 6.07) is 15.0. The molecule has 2 heterocycles. The Morgan fingerprint density at radius 2 is 2.03 bits per heavy atom. The van der Waals surface area contributed by atoms with Crippen molar-refractivity contribution in [3.8, 4) is 28.6 Å². The van der Waals surface area contributed by atoms with E-state index in [2.05, 4.69) is 37.5 Å². The van der Waals surface area contributed by atoms with E-state index in [0.717, 1.165) is 41.2 Å². The molecule has 1 amide bonds. The SMILES string of the molecule is C=CC(=O)Nc1cccc(Oc2ncnc3[nH]c(-c4ccc(NCCNC)c(OC)c4)cc23)c1. The molecule has 2 aromatic carbocycles. The molecule has 34 heavy (non-hydrogen) atoms. The van der Waals surface area contributed by atoms with E-state index in [1.165, 1.54) is 12.4 Å². The number of H-pyrrole nitrogens is 1. The lowest BCUT2D eigenvalue weighted by Gasteiger charge is -2.12. The molecule has 0 saturated carbocycles. The highest BCUT2D eigenvalue weighted by atomic mass is 16.5. The number of anilines is 2. The van der Waals surface area contributed by atoms with E-state index < -0.39 is 0 Å². The van der Waals surface area contributed by atoms with E-state index in [1.54, 1.807) is 31.4 Å². The number of amides is 1. The molecule has 0 aliphatic carbocycles. The average Bonchev–Trinajstić information content (AvgIpc) is 3.30. The predicted molar refractivity (Wildman–Crippen MR) is 134 cm³/mol. The summed E-state index contributed by atoms with van der Waals surface area (Å²) in [6.07, 6.45) is 2.65. The Morgan fingerprint density at radius 1 is 1.15 bits per heavy atom. The number of carbonyl (C=O) groups is 1. The fraction of sp³-hybridized carbons (Fsp3) is 0.160. The maximum atomic E-state index is 11.6. The van der Waals surface area contributed by atoms with Crippen LogP contribution in [0.15, 0.2) is 67.5 Å². The lowest BCUT2D eigenvalue weighted by Crippen LogP contribution is -2.17. The average molecular weight is 459 g/mol. The van der Waals surface area contributed by atoms with Crippen molar-refractivity contribution in [2.75, 3.05) is 37.9 Å². The summed E-state index contributed by atoms with van der Waals surface area (Å²) in [5, 5.41) is 9.91. The van der Waals surface area contributed by atoms with Crippen molar-refractivity contribution in [1.82, 2.24) is 20.3 Å². The zero-order valence-corrected chi connectivity index (χ0v) is 19.0. The van der Waals surface area contributed by atoms with Gasteiger partial charge in [0.25, 0.3) is 0 Å². The van der Waals surface area contributed by atoms with E-state index in [-0.39, 0.29) is 5.91 Å². The number of hydrogen-bond acceptors (Lipinski definition) is 7. The topological polar surface area (TPSA) is 113 Å². The van der Waals surface area contributed by atoms with Gasteiger partial charge in [-0.25, -0.2) is 9.97 Å². The molecule has 2 aromatic heterocycles. The minimum absolute atomic E-state index is 0.296. The minimum atomic E-state index is -0.296. The highest BCUT2D eigenvalue weighted by molar-refractivity contribution is 5.99. The molecule has 4 aromatic rings. The van der Waals surface area contributed by atoms with Crippen molar-refractivity contribution in [1.29, 1.82) is 0 Å². The fourth-order valence-electron chi connectivity index (χ4n) is 3.42. The molecule has 174 valence electrons. The molecule has 9 heteroatoms. The van der Waals surface area contributed by atoms with Gasteiger partial charge in [-0.15, -0.1) is 0 Å². The first kappa shape index (κ1) is 22.8. The van der Waals surface area contributed by atoms with E-state index in [9.17, 15) is 4.79 Å². The van der Waals surface area contributed by atoms with E-state index >= 15 is 0 Å². The van der Waals surface area contributed by atoms with Crippen molar-refractivity contribution < 1.29 is 14.3 Å². The van der Waals surface area contributed by atoms with Gasteiger partial charge >= 0.3 is 0 Å². The summed E-state index contributed by atoms with van der Waals surface area (Å²) in [5.41, 5.74) is 3.95. The molecule has 0 aliphatic heterocycles. The largest absolute Gasteiger partial charge is 0.495 e. The van der Waals surface area contributed by atoms with Crippen LogP contribution < -0.4 is 25.4 Å². The smallest absolute Gasteiger partial charge is 0.247 e. The van der Waals surface area contributed by atoms with Gasteiger partial charge in [0.2, 0.25) is 11.8 Å². The van der Waals surface area contributed by atoms with Crippen LogP contribution in [-0.2, 0) is 4.79 Å². The van der Waals surface area contributed by atoms with Crippen LogP contribution in [0.25, 0.3) is 22.3 Å². The van der Waals surface area contributed by atoms with Crippen LogP contribution in [0.4, 0.5) is 11.4 Å². The minimum Gasteiger partial charge on any atom is -0.495 e. The number of aromatic amines is 1. The van der Waals surface area contributed by atoms with Crippen molar-refractivity contribution in [3.63, 3.8) is 0 Å². The zero-order valence-electron chi connectivity index (χ0n) is 19.0. The fourth-order valence-corrected chi connectivity index (χ4v) is 3.42. The first-order chi connectivity index (χ1) is 16.6. The normalized spacial score (nSPS) is 10.6. The highest BCUT2D eigenvalue weighted by Crippen LogP contribution is 2.34. The third kappa shape index (κ3) is 5.16. The molecular weight excluding hydrogens is 432 g/mol. The van der Waals surface area contributed by atoms with Gasteiger partial charge in [-0.05, 0) is 43.5 Å². The van der Waals surface area contributed by atoms with Crippen molar-refractivity contribution in [2.24, 2.45) is 0 Å². The summed E-state index contributed by atoms with van der Waals surface area (Å²) < 4.78 is 11.6. The quantitative estimate of drug-likeness (QED) is 0.208. The number of benzene rings is 2. The van der Waals surface area contributed by atoms with Crippen LogP contribution in [-0.4, -0.2) is 48.1 Å². The number of hydrogen-bond donors (Lipinski definition) is 4. The van der Waals surface area contributed by atoms with E-state index in [1.807, 2.05) is 31.3 Å². The van der Waals surface area contributed by atoms with Gasteiger partial charge in [0.15, 0.2) is 0 Å². The summed E-state index contributed by atoms with van der Waals surface area (Å²) in [4.78, 5) is 23.6. The third-order valence-electron chi connectivity index (χ3n) is 5.09. The maximum absolute atomic E-state index is 11.6. The summed E-state index contributed by atoms with van der Waals surface area (Å²) >= 11 is 0. The summed E-state index contributed by atoms with van der Waals surface area (Å²) in [5.74, 6) is 1.38. The molecule has 0 aliphatic rings. The molecular formula is C25H26N6O3. The van der Waals surface area contributed by atoms with Crippen molar-refractivity contribution in [2.45, 2.75) is 0 Å². The Hall–Kier alpha value is -4.37. The van der Waals surface area contributed by atoms with Gasteiger partial charge in [0.1, 0.15) is 23.5 Å². The van der Waals surface area contributed by atoms with E-state index in [0.29, 0.717) is 23.0 Å². The highest BCUT2D eigenvalue weighted by Gasteiger charge is 2.13. The van der Waals surface area contributed by atoms with Crippen LogP contribution in [0, 0.1) is 0 Å². The van der Waals surface area contributed by atoms with Crippen LogP contribution >= 0.6 is 0 Å². The number of likely N-dealkylation sites (N-methyl/N-ethyl adjacent to an activating group) is 1. The molecule has 0 unspecified atom stereocenters. The second-order valence-corrected chi connectivity index (χ2v) is 7.39. The van der Waals surface area contributed by atoms with Gasteiger partial charge < -0.3 is 30.4 Å². The number of nitrogens with zero attached hydrogens (tertiary/aromatic N) is 2. The van der Waals surface area contributed by atoms with E-state index in [4.69, 9.17) is 9.47 Å². The Balaban J connectivity index is 1.61. The molecule has 0 spiro atoms. The van der Waals surface area contributed by atoms with Gasteiger partial charge in [-0.3, -0.25) is 4.79 Å². The van der Waals surface area contributed by atoms with Crippen LogP contribution in [0.2, 0.25) is 0 Å². The predicted octanol–water partition coefficient (Wildman–Crippen LogP) is 4.18. The zero-order chi connectivity index (χ0) is 23.9. The molecule has 0 fully saturated rings. The lowest BCUT2D eigenvalue weighted by molar-refractivity contribution is -0.111. The van der Waals surface area contributed by atoms with Gasteiger partial charge in [0, 0.05) is 36.1 Å². The number of nitrogens with one attached hydrogen (secondary N) is 4. The van der Waals surface area contributed by atoms with Gasteiger partial charge in [-0.1, -0.05) is 18.7 Å². The molecule has 0 bridgehead atoms. The number of rotatable bonds is 10. The monoisotopic (exact) mass is 458 g/mol. The van der Waals surface area contributed by atoms with Crippen molar-refractivity contribution >= 4 is 28.3 Å². The molecule has 0 radical (unpaired) electrons. The number of fused-ring (bicyclic) bond motifs is 1. The van der Waals surface area contributed by atoms with Gasteiger partial charge in [-0.2, -0.15) is 0 Å². The molecule has 4 N–H and O–H groups in total. The first-order valence-corrected chi connectivity index (χ1v) is 10.7. The lowest BCUT2D eigenvalue weighted by atomic mass is 10.1. The number of carbonyl (C=O) groups excluding carboxylic acids is 1. The molecule has 9 nitrogen and oxygen atoms in total. The number of aromatic nitrogens is 3. The number of ether oxygens (including phenoxy) is 2. The summed E-state index contributed by atoms with van der Waals surface area (Å²) in [6.45, 7) is 5.09. The second-order valence-electron chi connectivity index (χ2n) is 7.39. The van der Waals surface area contributed by atoms with Crippen molar-refractivity contribution in [3.05, 3.63) is 67.5 Å². The Kier molecular flexibility index (Phi) is 7.04. The Labute approximate surface area is 197 Å². The second kappa shape index (κ2) is 10.5. The molecule has 4 rings (SSSR count). The standard InChI is InChI=1S/C25H26N6O3/c1-4-23(32)30-17-6-5-7-18(13-17)34-25-19-14-21(31-24(19)28-15-29-25)16-8-9-20(22(12-16)33-3)27-11-10-26-2/h4-9,12-15,26-27H,1,10-11H2,2-3H3,(H,30,32)(H,28,29,31). The van der Waals surface area contributed by atoms with Crippen LogP contribution in [0.5, 0.6) is 17.4 Å². The third-order valence-corrected chi connectivity index (χ3v) is 5.09. The number of methoxy groups -OCH3 is 1. The summed E-state index contributed by atoms with van der Waals surface area (Å²) in [7, 11) is 3.56. The molecule has 0 atom stereocenters. The molecule has 0 saturated heterocycles.